The summed E-state index contributed by atoms with van der Waals surface area (Å²) in [5.74, 6) is -0.373. The number of rotatable bonds is 4. The summed E-state index contributed by atoms with van der Waals surface area (Å²) in [6.45, 7) is 2.89. The molecule has 0 radical (unpaired) electrons. The van der Waals surface area contributed by atoms with Crippen molar-refractivity contribution in [2.45, 2.75) is 30.5 Å². The SMILES string of the molecule is Cc1ccc(S(=O)(=O)O)cc1.Oc1cc2c(cc1O)C(CNc1cccc(C(F)(F)F)c1)NCC2. The van der Waals surface area contributed by atoms with Crippen LogP contribution in [0.2, 0.25) is 0 Å². The Morgan fingerprint density at radius 1 is 1.03 bits per heavy atom. The summed E-state index contributed by atoms with van der Waals surface area (Å²) >= 11 is 0. The van der Waals surface area contributed by atoms with Gasteiger partial charge in [0.15, 0.2) is 11.5 Å². The monoisotopic (exact) mass is 510 g/mol. The molecule has 1 heterocycles. The number of hydrogen-bond acceptors (Lipinski definition) is 6. The molecule has 0 saturated carbocycles. The van der Waals surface area contributed by atoms with Gasteiger partial charge in [-0.25, -0.2) is 0 Å². The van der Waals surface area contributed by atoms with Gasteiger partial charge in [0, 0.05) is 18.3 Å². The van der Waals surface area contributed by atoms with E-state index >= 15 is 0 Å². The second-order valence-electron chi connectivity index (χ2n) is 8.04. The third-order valence-corrected chi connectivity index (χ3v) is 6.28. The van der Waals surface area contributed by atoms with Gasteiger partial charge in [-0.3, -0.25) is 4.55 Å². The van der Waals surface area contributed by atoms with Gasteiger partial charge in [-0.1, -0.05) is 23.8 Å². The normalized spacial score (nSPS) is 15.5. The van der Waals surface area contributed by atoms with E-state index < -0.39 is 21.9 Å². The Morgan fingerprint density at radius 3 is 2.31 bits per heavy atom. The Morgan fingerprint density at radius 2 is 1.69 bits per heavy atom. The first-order chi connectivity index (χ1) is 16.3. The summed E-state index contributed by atoms with van der Waals surface area (Å²) in [6.07, 6.45) is -3.67. The highest BCUT2D eigenvalue weighted by Gasteiger charge is 2.30. The predicted molar refractivity (Wildman–Crippen MR) is 125 cm³/mol. The summed E-state index contributed by atoms with van der Waals surface area (Å²) in [4.78, 5) is -0.0666. The third-order valence-electron chi connectivity index (χ3n) is 5.42. The number of hydrogen-bond donors (Lipinski definition) is 5. The second kappa shape index (κ2) is 10.5. The highest BCUT2D eigenvalue weighted by atomic mass is 32.2. The average Bonchev–Trinajstić information content (AvgIpc) is 2.78. The van der Waals surface area contributed by atoms with Gasteiger partial charge in [-0.15, -0.1) is 0 Å². The number of alkyl halides is 3. The van der Waals surface area contributed by atoms with Crippen molar-refractivity contribution in [2.75, 3.05) is 18.4 Å². The molecule has 1 atom stereocenters. The minimum absolute atomic E-state index is 0.0666. The van der Waals surface area contributed by atoms with Crippen molar-refractivity contribution in [3.05, 3.63) is 82.9 Å². The van der Waals surface area contributed by atoms with Gasteiger partial charge in [0.05, 0.1) is 10.5 Å². The van der Waals surface area contributed by atoms with Crippen molar-refractivity contribution in [3.63, 3.8) is 0 Å². The maximum absolute atomic E-state index is 12.8. The van der Waals surface area contributed by atoms with Gasteiger partial charge in [0.1, 0.15) is 0 Å². The number of phenols is 2. The lowest BCUT2D eigenvalue weighted by Crippen LogP contribution is -2.34. The molecular formula is C24H25F3N2O5S. The maximum Gasteiger partial charge on any atom is 0.416 e. The van der Waals surface area contributed by atoms with Crippen molar-refractivity contribution in [3.8, 4) is 11.5 Å². The van der Waals surface area contributed by atoms with E-state index in [0.717, 1.165) is 28.8 Å². The first-order valence-corrected chi connectivity index (χ1v) is 12.0. The Bertz CT molecular complexity index is 1280. The molecule has 0 amide bonds. The molecule has 35 heavy (non-hydrogen) atoms. The second-order valence-corrected chi connectivity index (χ2v) is 9.47. The van der Waals surface area contributed by atoms with Crippen LogP contribution < -0.4 is 10.6 Å². The van der Waals surface area contributed by atoms with Crippen molar-refractivity contribution in [1.29, 1.82) is 0 Å². The fourth-order valence-corrected chi connectivity index (χ4v) is 4.07. The summed E-state index contributed by atoms with van der Waals surface area (Å²) in [5, 5.41) is 25.5. The van der Waals surface area contributed by atoms with Gasteiger partial charge in [-0.05, 0) is 73.5 Å². The van der Waals surface area contributed by atoms with Crippen LogP contribution in [0.3, 0.4) is 0 Å². The van der Waals surface area contributed by atoms with E-state index in [1.54, 1.807) is 18.2 Å². The fourth-order valence-electron chi connectivity index (χ4n) is 3.59. The molecule has 5 N–H and O–H groups in total. The van der Waals surface area contributed by atoms with Crippen LogP contribution in [0.25, 0.3) is 0 Å². The van der Waals surface area contributed by atoms with Gasteiger partial charge in [-0.2, -0.15) is 21.6 Å². The summed E-state index contributed by atoms with van der Waals surface area (Å²) in [6, 6.07) is 13.9. The van der Waals surface area contributed by atoms with Gasteiger partial charge in [0.25, 0.3) is 10.1 Å². The Balaban J connectivity index is 0.000000261. The first kappa shape index (κ1) is 26.3. The molecule has 0 saturated heterocycles. The van der Waals surface area contributed by atoms with Crippen LogP contribution in [0.1, 0.15) is 28.3 Å². The predicted octanol–water partition coefficient (Wildman–Crippen LogP) is 4.66. The number of anilines is 1. The highest BCUT2D eigenvalue weighted by Crippen LogP contribution is 2.34. The Hall–Kier alpha value is -3.28. The molecule has 0 bridgehead atoms. The lowest BCUT2D eigenvalue weighted by Gasteiger charge is -2.28. The molecule has 0 spiro atoms. The number of phenolic OH excluding ortho intramolecular Hbond substituents is 2. The van der Waals surface area contributed by atoms with Gasteiger partial charge < -0.3 is 20.8 Å². The van der Waals surface area contributed by atoms with E-state index in [1.807, 2.05) is 6.92 Å². The molecule has 0 aromatic heterocycles. The Kier molecular flexibility index (Phi) is 7.93. The third kappa shape index (κ3) is 7.10. The van der Waals surface area contributed by atoms with Crippen molar-refractivity contribution >= 4 is 15.8 Å². The van der Waals surface area contributed by atoms with Crippen LogP contribution in [0.5, 0.6) is 11.5 Å². The van der Waals surface area contributed by atoms with Crippen molar-refractivity contribution in [2.24, 2.45) is 0 Å². The molecule has 4 rings (SSSR count). The molecule has 1 aliphatic rings. The summed E-state index contributed by atoms with van der Waals surface area (Å²) in [7, 11) is -4.02. The molecule has 188 valence electrons. The molecule has 11 heteroatoms. The lowest BCUT2D eigenvalue weighted by molar-refractivity contribution is -0.137. The Labute approximate surface area is 201 Å². The highest BCUT2D eigenvalue weighted by molar-refractivity contribution is 7.85. The van der Waals surface area contributed by atoms with Gasteiger partial charge in [0.2, 0.25) is 0 Å². The van der Waals surface area contributed by atoms with Crippen molar-refractivity contribution in [1.82, 2.24) is 5.32 Å². The molecule has 0 aliphatic carbocycles. The molecule has 3 aromatic carbocycles. The smallest absolute Gasteiger partial charge is 0.416 e. The quantitative estimate of drug-likeness (QED) is 0.256. The van der Waals surface area contributed by atoms with Crippen molar-refractivity contribution < 1.29 is 36.4 Å². The fraction of sp³-hybridized carbons (Fsp3) is 0.250. The zero-order valence-corrected chi connectivity index (χ0v) is 19.5. The number of aromatic hydroxyl groups is 2. The van der Waals surface area contributed by atoms with Crippen LogP contribution in [0.15, 0.2) is 65.6 Å². The molecular weight excluding hydrogens is 485 g/mol. The minimum atomic E-state index is -4.38. The molecule has 1 unspecified atom stereocenters. The van der Waals surface area contributed by atoms with Crippen LogP contribution in [-0.2, 0) is 22.7 Å². The number of benzene rings is 3. The van der Waals surface area contributed by atoms with E-state index in [9.17, 15) is 31.8 Å². The average molecular weight is 511 g/mol. The van der Waals surface area contributed by atoms with Crippen LogP contribution in [0.4, 0.5) is 18.9 Å². The molecule has 0 fully saturated rings. The maximum atomic E-state index is 12.8. The zero-order chi connectivity index (χ0) is 25.8. The number of aryl methyl sites for hydroxylation is 1. The van der Waals surface area contributed by atoms with E-state index in [-0.39, 0.29) is 22.4 Å². The van der Waals surface area contributed by atoms with Gasteiger partial charge >= 0.3 is 6.18 Å². The standard InChI is InChI=1S/C17H17F3N2O2.C7H8O3S/c18-17(19,20)11-2-1-3-12(7-11)22-9-14-13-8-16(24)15(23)6-10(13)4-5-21-14;1-6-2-4-7(5-3-6)11(8,9)10/h1-3,6-8,14,21-24H,4-5,9H2;2-5H,1H3,(H,8,9,10). The van der Waals surface area contributed by atoms with Crippen LogP contribution in [0, 0.1) is 6.92 Å². The number of nitrogens with one attached hydrogen (secondary N) is 2. The van der Waals surface area contributed by atoms with E-state index in [2.05, 4.69) is 10.6 Å². The number of halogens is 3. The lowest BCUT2D eigenvalue weighted by atomic mass is 9.93. The first-order valence-electron chi connectivity index (χ1n) is 10.6. The van der Waals surface area contributed by atoms with E-state index in [1.165, 1.54) is 30.3 Å². The topological polar surface area (TPSA) is 119 Å². The molecule has 3 aromatic rings. The minimum Gasteiger partial charge on any atom is -0.504 e. The molecule has 1 aliphatic heterocycles. The zero-order valence-electron chi connectivity index (χ0n) is 18.7. The largest absolute Gasteiger partial charge is 0.504 e. The van der Waals surface area contributed by atoms with Crippen LogP contribution >= 0.6 is 0 Å². The number of fused-ring (bicyclic) bond motifs is 1. The van der Waals surface area contributed by atoms with Crippen LogP contribution in [-0.4, -0.2) is 36.3 Å². The van der Waals surface area contributed by atoms with E-state index in [4.69, 9.17) is 4.55 Å². The van der Waals surface area contributed by atoms with E-state index in [0.29, 0.717) is 25.2 Å². The summed E-state index contributed by atoms with van der Waals surface area (Å²) in [5.41, 5.74) is 2.38. The molecule has 7 nitrogen and oxygen atoms in total. The summed E-state index contributed by atoms with van der Waals surface area (Å²) < 4.78 is 67.8.